The Morgan fingerprint density at radius 2 is 1.83 bits per heavy atom. The highest BCUT2D eigenvalue weighted by Gasteiger charge is 2.20. The van der Waals surface area contributed by atoms with Crippen molar-refractivity contribution in [3.8, 4) is 5.75 Å². The molecule has 0 bridgehead atoms. The van der Waals surface area contributed by atoms with E-state index in [0.717, 1.165) is 42.8 Å². The summed E-state index contributed by atoms with van der Waals surface area (Å²) < 4.78 is 5.87. The van der Waals surface area contributed by atoms with E-state index < -0.39 is 0 Å². The minimum Gasteiger partial charge on any atom is -0.489 e. The average molecular weight is 310 g/mol. The molecular formula is C19H22N2O2. The molecule has 0 saturated carbocycles. The molecule has 3 rings (SSSR count). The van der Waals surface area contributed by atoms with E-state index in [-0.39, 0.29) is 5.91 Å². The van der Waals surface area contributed by atoms with E-state index in [2.05, 4.69) is 0 Å². The second kappa shape index (κ2) is 7.29. The first-order valence-electron chi connectivity index (χ1n) is 8.07. The number of ether oxygens (including phenoxy) is 1. The van der Waals surface area contributed by atoms with Crippen LogP contribution in [0.3, 0.4) is 0 Å². The van der Waals surface area contributed by atoms with Gasteiger partial charge in [-0.3, -0.25) is 4.79 Å². The molecule has 4 nitrogen and oxygen atoms in total. The molecule has 1 saturated heterocycles. The molecule has 1 aliphatic heterocycles. The molecule has 0 aromatic heterocycles. The molecule has 2 aromatic rings. The van der Waals surface area contributed by atoms with Gasteiger partial charge < -0.3 is 15.4 Å². The molecule has 1 aliphatic rings. The summed E-state index contributed by atoms with van der Waals surface area (Å²) in [7, 11) is 0. The van der Waals surface area contributed by atoms with Crippen molar-refractivity contribution >= 4 is 5.91 Å². The lowest BCUT2D eigenvalue weighted by Gasteiger charge is -2.17. The van der Waals surface area contributed by atoms with Crippen molar-refractivity contribution in [1.82, 2.24) is 4.90 Å². The fraction of sp³-hybridized carbons (Fsp3) is 0.316. The molecular weight excluding hydrogens is 288 g/mol. The summed E-state index contributed by atoms with van der Waals surface area (Å²) >= 11 is 0. The first-order chi connectivity index (χ1) is 11.3. The SMILES string of the molecule is NCc1cc(C(=O)N2CCCC2)ccc1OCc1ccccc1. The predicted molar refractivity (Wildman–Crippen MR) is 90.2 cm³/mol. The number of benzene rings is 2. The Labute approximate surface area is 136 Å². The molecule has 23 heavy (non-hydrogen) atoms. The van der Waals surface area contributed by atoms with E-state index in [1.165, 1.54) is 0 Å². The van der Waals surface area contributed by atoms with Gasteiger partial charge in [-0.1, -0.05) is 30.3 Å². The number of amides is 1. The quantitative estimate of drug-likeness (QED) is 0.923. The minimum absolute atomic E-state index is 0.0896. The number of hydrogen-bond donors (Lipinski definition) is 1. The van der Waals surface area contributed by atoms with Gasteiger partial charge in [0.2, 0.25) is 0 Å². The van der Waals surface area contributed by atoms with Gasteiger partial charge in [0.15, 0.2) is 0 Å². The molecule has 1 fully saturated rings. The largest absolute Gasteiger partial charge is 0.489 e. The third-order valence-corrected chi connectivity index (χ3v) is 4.16. The van der Waals surface area contributed by atoms with Crippen LogP contribution in [0.15, 0.2) is 48.5 Å². The highest BCUT2D eigenvalue weighted by atomic mass is 16.5. The zero-order chi connectivity index (χ0) is 16.1. The molecule has 120 valence electrons. The highest BCUT2D eigenvalue weighted by Crippen LogP contribution is 2.23. The minimum atomic E-state index is 0.0896. The third kappa shape index (κ3) is 3.71. The lowest BCUT2D eigenvalue weighted by Crippen LogP contribution is -2.27. The van der Waals surface area contributed by atoms with Gasteiger partial charge in [0.25, 0.3) is 5.91 Å². The molecule has 4 heteroatoms. The van der Waals surface area contributed by atoms with E-state index in [0.29, 0.717) is 18.7 Å². The summed E-state index contributed by atoms with van der Waals surface area (Å²) in [5.74, 6) is 0.834. The standard InChI is InChI=1S/C19H22N2O2/c20-13-17-12-16(19(22)21-10-4-5-11-21)8-9-18(17)23-14-15-6-2-1-3-7-15/h1-3,6-9,12H,4-5,10-11,13-14,20H2. The zero-order valence-electron chi connectivity index (χ0n) is 13.2. The summed E-state index contributed by atoms with van der Waals surface area (Å²) in [6.45, 7) is 2.55. The molecule has 0 aliphatic carbocycles. The normalized spacial score (nSPS) is 14.0. The lowest BCUT2D eigenvalue weighted by atomic mass is 10.1. The maximum atomic E-state index is 12.5. The fourth-order valence-corrected chi connectivity index (χ4v) is 2.85. The first kappa shape index (κ1) is 15.6. The summed E-state index contributed by atoms with van der Waals surface area (Å²) in [5, 5.41) is 0. The van der Waals surface area contributed by atoms with Crippen LogP contribution in [0.1, 0.15) is 34.3 Å². The van der Waals surface area contributed by atoms with E-state index in [1.807, 2.05) is 53.4 Å². The van der Waals surface area contributed by atoms with Gasteiger partial charge in [0.1, 0.15) is 12.4 Å². The summed E-state index contributed by atoms with van der Waals surface area (Å²) in [5.41, 5.74) is 8.50. The van der Waals surface area contributed by atoms with Crippen LogP contribution in [0.5, 0.6) is 5.75 Å². The van der Waals surface area contributed by atoms with Gasteiger partial charge in [-0.25, -0.2) is 0 Å². The van der Waals surface area contributed by atoms with Gasteiger partial charge in [0, 0.05) is 30.8 Å². The van der Waals surface area contributed by atoms with Crippen LogP contribution in [-0.2, 0) is 13.2 Å². The monoisotopic (exact) mass is 310 g/mol. The molecule has 0 atom stereocenters. The Balaban J connectivity index is 1.72. The summed E-state index contributed by atoms with van der Waals surface area (Å²) in [6.07, 6.45) is 2.18. The molecule has 0 radical (unpaired) electrons. The van der Waals surface area contributed by atoms with Crippen molar-refractivity contribution in [3.05, 3.63) is 65.2 Å². The van der Waals surface area contributed by atoms with E-state index in [1.54, 1.807) is 0 Å². The van der Waals surface area contributed by atoms with Gasteiger partial charge in [-0.05, 0) is 36.6 Å². The topological polar surface area (TPSA) is 55.6 Å². The Morgan fingerprint density at radius 1 is 1.09 bits per heavy atom. The van der Waals surface area contributed by atoms with Crippen molar-refractivity contribution in [3.63, 3.8) is 0 Å². The van der Waals surface area contributed by atoms with Crippen molar-refractivity contribution < 1.29 is 9.53 Å². The number of carbonyl (C=O) groups excluding carboxylic acids is 1. The second-order valence-corrected chi connectivity index (χ2v) is 5.80. The number of likely N-dealkylation sites (tertiary alicyclic amines) is 1. The third-order valence-electron chi connectivity index (χ3n) is 4.16. The summed E-state index contributed by atoms with van der Waals surface area (Å²) in [6, 6.07) is 15.5. The first-order valence-corrected chi connectivity index (χ1v) is 8.07. The van der Waals surface area contributed by atoms with E-state index >= 15 is 0 Å². The van der Waals surface area contributed by atoms with Crippen molar-refractivity contribution in [2.24, 2.45) is 5.73 Å². The Kier molecular flexibility index (Phi) is 4.93. The molecule has 0 spiro atoms. The number of carbonyl (C=O) groups is 1. The number of nitrogens with two attached hydrogens (primary N) is 1. The Bertz CT molecular complexity index is 664. The summed E-state index contributed by atoms with van der Waals surface area (Å²) in [4.78, 5) is 14.4. The second-order valence-electron chi connectivity index (χ2n) is 5.80. The number of nitrogens with zero attached hydrogens (tertiary/aromatic N) is 1. The van der Waals surface area contributed by atoms with Crippen LogP contribution < -0.4 is 10.5 Å². The fourth-order valence-electron chi connectivity index (χ4n) is 2.85. The Morgan fingerprint density at radius 3 is 2.52 bits per heavy atom. The predicted octanol–water partition coefficient (Wildman–Crippen LogP) is 2.96. The van der Waals surface area contributed by atoms with Gasteiger partial charge >= 0.3 is 0 Å². The smallest absolute Gasteiger partial charge is 0.253 e. The highest BCUT2D eigenvalue weighted by molar-refractivity contribution is 5.94. The van der Waals surface area contributed by atoms with Crippen LogP contribution in [0.2, 0.25) is 0 Å². The maximum Gasteiger partial charge on any atom is 0.253 e. The van der Waals surface area contributed by atoms with E-state index in [4.69, 9.17) is 10.5 Å². The lowest BCUT2D eigenvalue weighted by molar-refractivity contribution is 0.0792. The van der Waals surface area contributed by atoms with Gasteiger partial charge in [-0.15, -0.1) is 0 Å². The van der Waals surface area contributed by atoms with Gasteiger partial charge in [0.05, 0.1) is 0 Å². The molecule has 1 heterocycles. The zero-order valence-corrected chi connectivity index (χ0v) is 13.2. The van der Waals surface area contributed by atoms with Crippen molar-refractivity contribution in [2.45, 2.75) is 26.0 Å². The van der Waals surface area contributed by atoms with Crippen LogP contribution in [0.25, 0.3) is 0 Å². The van der Waals surface area contributed by atoms with Crippen molar-refractivity contribution in [2.75, 3.05) is 13.1 Å². The van der Waals surface area contributed by atoms with Crippen molar-refractivity contribution in [1.29, 1.82) is 0 Å². The van der Waals surface area contributed by atoms with Crippen LogP contribution in [-0.4, -0.2) is 23.9 Å². The molecule has 1 amide bonds. The van der Waals surface area contributed by atoms with Gasteiger partial charge in [-0.2, -0.15) is 0 Å². The van der Waals surface area contributed by atoms with Crippen LogP contribution in [0, 0.1) is 0 Å². The molecule has 2 aromatic carbocycles. The van der Waals surface area contributed by atoms with Crippen LogP contribution >= 0.6 is 0 Å². The Hall–Kier alpha value is -2.33. The van der Waals surface area contributed by atoms with E-state index in [9.17, 15) is 4.79 Å². The van der Waals surface area contributed by atoms with Crippen LogP contribution in [0.4, 0.5) is 0 Å². The average Bonchev–Trinajstić information content (AvgIpc) is 3.14. The molecule has 2 N–H and O–H groups in total. The number of rotatable bonds is 5. The molecule has 0 unspecified atom stereocenters. The maximum absolute atomic E-state index is 12.5. The number of hydrogen-bond acceptors (Lipinski definition) is 3.